The smallest absolute Gasteiger partial charge is 0.150 e. The summed E-state index contributed by atoms with van der Waals surface area (Å²) in [6.07, 6.45) is 2.76. The minimum atomic E-state index is -0.273. The Balaban J connectivity index is 1.41. The Bertz CT molecular complexity index is 1210. The summed E-state index contributed by atoms with van der Waals surface area (Å²) in [5.41, 5.74) is 6.33. The Hall–Kier alpha value is -3.31. The van der Waals surface area contributed by atoms with Crippen molar-refractivity contribution in [1.82, 2.24) is 4.90 Å². The molecule has 0 N–H and O–H groups in total. The summed E-state index contributed by atoms with van der Waals surface area (Å²) in [7, 11) is 0. The van der Waals surface area contributed by atoms with E-state index in [1.165, 1.54) is 22.3 Å². The van der Waals surface area contributed by atoms with Crippen LogP contribution in [0.15, 0.2) is 54.6 Å². The Morgan fingerprint density at radius 3 is 2.38 bits per heavy atom. The standard InChI is InChI=1S/C32H39NO4/c1-6-33(18-19-35-28-14-12-26(20-34)13-15-28)22-32(5)17-16-29-25(4)30(23(2)24(3)31(29)37-32)36-21-27-10-8-7-9-11-27/h7-15,20H,6,16-19,21-22H2,1-5H3. The number of carbonyl (C=O) groups is 1. The molecule has 0 spiro atoms. The van der Waals surface area contributed by atoms with E-state index in [4.69, 9.17) is 14.2 Å². The minimum Gasteiger partial charge on any atom is -0.492 e. The minimum absolute atomic E-state index is 0.273. The lowest BCUT2D eigenvalue weighted by Gasteiger charge is -2.41. The molecule has 0 bridgehead atoms. The van der Waals surface area contributed by atoms with Crippen molar-refractivity contribution in [2.24, 2.45) is 0 Å². The van der Waals surface area contributed by atoms with Gasteiger partial charge < -0.3 is 14.2 Å². The predicted octanol–water partition coefficient (Wildman–Crippen LogP) is 6.49. The average Bonchev–Trinajstić information content (AvgIpc) is 2.92. The number of carbonyl (C=O) groups excluding carboxylic acids is 1. The van der Waals surface area contributed by atoms with Crippen LogP contribution >= 0.6 is 0 Å². The third kappa shape index (κ3) is 6.34. The summed E-state index contributed by atoms with van der Waals surface area (Å²) in [6.45, 7) is 14.6. The summed E-state index contributed by atoms with van der Waals surface area (Å²) < 4.78 is 19.0. The Labute approximate surface area is 221 Å². The lowest BCUT2D eigenvalue weighted by Crippen LogP contribution is -2.48. The monoisotopic (exact) mass is 501 g/mol. The normalized spacial score (nSPS) is 16.7. The van der Waals surface area contributed by atoms with Crippen molar-refractivity contribution < 1.29 is 19.0 Å². The molecule has 0 saturated heterocycles. The molecule has 3 aromatic rings. The van der Waals surface area contributed by atoms with Crippen molar-refractivity contribution in [1.29, 1.82) is 0 Å². The Morgan fingerprint density at radius 2 is 1.70 bits per heavy atom. The van der Waals surface area contributed by atoms with Gasteiger partial charge in [-0.05, 0) is 93.6 Å². The van der Waals surface area contributed by atoms with E-state index in [0.29, 0.717) is 18.8 Å². The van der Waals surface area contributed by atoms with Gasteiger partial charge in [0.2, 0.25) is 0 Å². The molecule has 1 unspecified atom stereocenters. The average molecular weight is 502 g/mol. The second-order valence-electron chi connectivity index (χ2n) is 10.2. The van der Waals surface area contributed by atoms with Gasteiger partial charge in [0.25, 0.3) is 0 Å². The predicted molar refractivity (Wildman–Crippen MR) is 148 cm³/mol. The number of rotatable bonds is 11. The van der Waals surface area contributed by atoms with Gasteiger partial charge in [-0.15, -0.1) is 0 Å². The number of benzene rings is 3. The van der Waals surface area contributed by atoms with Gasteiger partial charge in [0.1, 0.15) is 42.3 Å². The topological polar surface area (TPSA) is 48.0 Å². The molecule has 4 rings (SSSR count). The lowest BCUT2D eigenvalue weighted by atomic mass is 9.86. The summed E-state index contributed by atoms with van der Waals surface area (Å²) >= 11 is 0. The molecule has 196 valence electrons. The van der Waals surface area contributed by atoms with Crippen LogP contribution in [-0.2, 0) is 13.0 Å². The third-order valence-corrected chi connectivity index (χ3v) is 7.49. The van der Waals surface area contributed by atoms with Gasteiger partial charge in [-0.25, -0.2) is 0 Å². The maximum atomic E-state index is 10.8. The molecule has 1 atom stereocenters. The first kappa shape index (κ1) is 26.7. The number of aldehydes is 1. The van der Waals surface area contributed by atoms with Gasteiger partial charge in [-0.2, -0.15) is 0 Å². The van der Waals surface area contributed by atoms with E-state index in [0.717, 1.165) is 61.6 Å². The number of ether oxygens (including phenoxy) is 3. The Morgan fingerprint density at radius 1 is 0.973 bits per heavy atom. The highest BCUT2D eigenvalue weighted by Gasteiger charge is 2.36. The molecule has 0 aromatic heterocycles. The number of hydrogen-bond acceptors (Lipinski definition) is 5. The molecule has 5 heteroatoms. The van der Waals surface area contributed by atoms with E-state index in [9.17, 15) is 4.79 Å². The van der Waals surface area contributed by atoms with Crippen LogP contribution in [-0.4, -0.2) is 43.0 Å². The molecule has 0 radical (unpaired) electrons. The van der Waals surface area contributed by atoms with Crippen molar-refractivity contribution >= 4 is 6.29 Å². The molecule has 0 saturated carbocycles. The van der Waals surface area contributed by atoms with Gasteiger partial charge in [0.15, 0.2) is 0 Å². The third-order valence-electron chi connectivity index (χ3n) is 7.49. The van der Waals surface area contributed by atoms with Crippen LogP contribution in [0.25, 0.3) is 0 Å². The van der Waals surface area contributed by atoms with Crippen molar-refractivity contribution in [3.63, 3.8) is 0 Å². The molecule has 0 fully saturated rings. The zero-order valence-corrected chi connectivity index (χ0v) is 22.8. The van der Waals surface area contributed by atoms with Gasteiger partial charge >= 0.3 is 0 Å². The van der Waals surface area contributed by atoms with Crippen LogP contribution in [0.1, 0.15) is 58.4 Å². The molecule has 1 aliphatic heterocycles. The maximum absolute atomic E-state index is 10.8. The molecule has 0 aliphatic carbocycles. The van der Waals surface area contributed by atoms with Crippen LogP contribution in [0, 0.1) is 20.8 Å². The van der Waals surface area contributed by atoms with Crippen LogP contribution in [0.2, 0.25) is 0 Å². The van der Waals surface area contributed by atoms with Gasteiger partial charge in [-0.3, -0.25) is 9.69 Å². The zero-order chi connectivity index (χ0) is 26.4. The van der Waals surface area contributed by atoms with Crippen molar-refractivity contribution in [2.75, 3.05) is 26.2 Å². The molecule has 37 heavy (non-hydrogen) atoms. The molecular weight excluding hydrogens is 462 g/mol. The van der Waals surface area contributed by atoms with E-state index >= 15 is 0 Å². The van der Waals surface area contributed by atoms with Crippen molar-refractivity contribution in [3.05, 3.63) is 88.0 Å². The lowest BCUT2D eigenvalue weighted by molar-refractivity contribution is 0.0223. The van der Waals surface area contributed by atoms with E-state index in [-0.39, 0.29) is 5.60 Å². The highest BCUT2D eigenvalue weighted by Crippen LogP contribution is 2.44. The second-order valence-corrected chi connectivity index (χ2v) is 10.2. The molecule has 5 nitrogen and oxygen atoms in total. The van der Waals surface area contributed by atoms with Crippen LogP contribution < -0.4 is 14.2 Å². The molecule has 1 aliphatic rings. The van der Waals surface area contributed by atoms with E-state index in [1.807, 2.05) is 30.3 Å². The molecule has 0 amide bonds. The molecular formula is C32H39NO4. The van der Waals surface area contributed by atoms with Crippen molar-refractivity contribution in [3.8, 4) is 17.2 Å². The van der Waals surface area contributed by atoms with Gasteiger partial charge in [-0.1, -0.05) is 37.3 Å². The Kier molecular flexibility index (Phi) is 8.55. The first-order chi connectivity index (χ1) is 17.8. The fourth-order valence-electron chi connectivity index (χ4n) is 5.10. The summed E-state index contributed by atoms with van der Waals surface area (Å²) in [6, 6.07) is 17.5. The quantitative estimate of drug-likeness (QED) is 0.281. The summed E-state index contributed by atoms with van der Waals surface area (Å²) in [4.78, 5) is 13.2. The highest BCUT2D eigenvalue weighted by molar-refractivity contribution is 5.74. The fourth-order valence-corrected chi connectivity index (χ4v) is 5.10. The maximum Gasteiger partial charge on any atom is 0.150 e. The van der Waals surface area contributed by atoms with Crippen LogP contribution in [0.5, 0.6) is 17.2 Å². The number of nitrogens with zero attached hydrogens (tertiary/aromatic N) is 1. The van der Waals surface area contributed by atoms with Gasteiger partial charge in [0, 0.05) is 24.2 Å². The van der Waals surface area contributed by atoms with E-state index in [1.54, 1.807) is 12.1 Å². The van der Waals surface area contributed by atoms with Gasteiger partial charge in [0.05, 0.1) is 0 Å². The first-order valence-corrected chi connectivity index (χ1v) is 13.2. The molecule has 1 heterocycles. The highest BCUT2D eigenvalue weighted by atomic mass is 16.5. The number of likely N-dealkylation sites (N-methyl/N-ethyl adjacent to an activating group) is 1. The second kappa shape index (κ2) is 11.8. The summed E-state index contributed by atoms with van der Waals surface area (Å²) in [5.74, 6) is 2.79. The molecule has 3 aromatic carbocycles. The SMILES string of the molecule is CCN(CCOc1ccc(C=O)cc1)CC1(C)CCc2c(C)c(OCc3ccccc3)c(C)c(C)c2O1. The van der Waals surface area contributed by atoms with Crippen molar-refractivity contribution in [2.45, 2.75) is 59.7 Å². The number of hydrogen-bond donors (Lipinski definition) is 0. The van der Waals surface area contributed by atoms with Crippen LogP contribution in [0.4, 0.5) is 0 Å². The number of fused-ring (bicyclic) bond motifs is 1. The van der Waals surface area contributed by atoms with E-state index in [2.05, 4.69) is 51.7 Å². The summed E-state index contributed by atoms with van der Waals surface area (Å²) in [5, 5.41) is 0. The van der Waals surface area contributed by atoms with E-state index < -0.39 is 0 Å². The largest absolute Gasteiger partial charge is 0.492 e. The first-order valence-electron chi connectivity index (χ1n) is 13.2. The van der Waals surface area contributed by atoms with Crippen LogP contribution in [0.3, 0.4) is 0 Å². The fraction of sp³-hybridized carbons (Fsp3) is 0.406. The zero-order valence-electron chi connectivity index (χ0n) is 22.8.